The molecule has 0 spiro atoms. The lowest BCUT2D eigenvalue weighted by molar-refractivity contribution is 0.312. The van der Waals surface area contributed by atoms with Gasteiger partial charge in [0.25, 0.3) is 0 Å². The molecule has 2 aromatic rings. The number of hydrogen-bond donors (Lipinski definition) is 2. The third-order valence-corrected chi connectivity index (χ3v) is 5.48. The van der Waals surface area contributed by atoms with Crippen LogP contribution in [0.25, 0.3) is 0 Å². The van der Waals surface area contributed by atoms with Crippen molar-refractivity contribution in [2.45, 2.75) is 19.9 Å². The lowest BCUT2D eigenvalue weighted by Gasteiger charge is -2.33. The van der Waals surface area contributed by atoms with Gasteiger partial charge < -0.3 is 20.4 Å². The molecular formula is C19H30IN7S. The van der Waals surface area contributed by atoms with Gasteiger partial charge in [-0.25, -0.2) is 9.97 Å². The molecule has 154 valence electrons. The molecule has 0 unspecified atom stereocenters. The van der Waals surface area contributed by atoms with Gasteiger partial charge in [-0.05, 0) is 31.7 Å². The van der Waals surface area contributed by atoms with Crippen molar-refractivity contribution in [2.24, 2.45) is 4.99 Å². The van der Waals surface area contributed by atoms with Crippen molar-refractivity contribution in [2.75, 3.05) is 51.7 Å². The van der Waals surface area contributed by atoms with Crippen LogP contribution in [0.4, 0.5) is 5.82 Å². The number of rotatable bonds is 6. The highest BCUT2D eigenvalue weighted by atomic mass is 127. The number of nitrogens with zero attached hydrogens (tertiary/aromatic N) is 5. The number of nitrogens with one attached hydrogen (secondary N) is 2. The van der Waals surface area contributed by atoms with Crippen molar-refractivity contribution in [1.82, 2.24) is 25.5 Å². The Bertz CT molecular complexity index is 756. The molecule has 0 atom stereocenters. The maximum absolute atomic E-state index is 4.55. The van der Waals surface area contributed by atoms with Gasteiger partial charge in [0.2, 0.25) is 0 Å². The van der Waals surface area contributed by atoms with E-state index in [-0.39, 0.29) is 24.0 Å². The first-order valence-electron chi connectivity index (χ1n) is 9.38. The predicted molar refractivity (Wildman–Crippen MR) is 128 cm³/mol. The largest absolute Gasteiger partial charge is 0.356 e. The van der Waals surface area contributed by atoms with E-state index in [0.29, 0.717) is 0 Å². The molecule has 0 radical (unpaired) electrons. The van der Waals surface area contributed by atoms with Gasteiger partial charge in [-0.15, -0.1) is 35.3 Å². The molecule has 9 heteroatoms. The fourth-order valence-corrected chi connectivity index (χ4v) is 3.66. The van der Waals surface area contributed by atoms with E-state index in [4.69, 9.17) is 0 Å². The summed E-state index contributed by atoms with van der Waals surface area (Å²) in [5.41, 5.74) is 2.34. The van der Waals surface area contributed by atoms with Gasteiger partial charge in [0.05, 0.1) is 10.7 Å². The van der Waals surface area contributed by atoms with Crippen molar-refractivity contribution in [3.8, 4) is 0 Å². The summed E-state index contributed by atoms with van der Waals surface area (Å²) >= 11 is 1.69. The van der Waals surface area contributed by atoms with Crippen LogP contribution >= 0.6 is 35.3 Å². The van der Waals surface area contributed by atoms with E-state index in [9.17, 15) is 0 Å². The van der Waals surface area contributed by atoms with Gasteiger partial charge in [0.1, 0.15) is 5.82 Å². The standard InChI is InChI=1S/C19H29N7S.HI/c1-15-24-17(14-27-15)5-7-22-19(20-2)23-13-16-4-6-21-18(12-16)26-10-8-25(3)9-11-26;/h4,6,12,14H,5,7-11,13H2,1-3H3,(H2,20,22,23);1H. The van der Waals surface area contributed by atoms with Crippen LogP contribution in [-0.4, -0.2) is 67.6 Å². The molecule has 0 bridgehead atoms. The highest BCUT2D eigenvalue weighted by Crippen LogP contribution is 2.14. The van der Waals surface area contributed by atoms with E-state index in [0.717, 1.165) is 68.2 Å². The normalized spacial score (nSPS) is 15.2. The summed E-state index contributed by atoms with van der Waals surface area (Å²) in [6.45, 7) is 7.79. The van der Waals surface area contributed by atoms with Crippen molar-refractivity contribution >= 4 is 47.1 Å². The van der Waals surface area contributed by atoms with Crippen LogP contribution in [0.1, 0.15) is 16.3 Å². The Kier molecular flexibility index (Phi) is 9.39. The Hall–Kier alpha value is -1.46. The van der Waals surface area contributed by atoms with E-state index in [1.165, 1.54) is 5.56 Å². The quantitative estimate of drug-likeness (QED) is 0.349. The van der Waals surface area contributed by atoms with Crippen LogP contribution in [0.5, 0.6) is 0 Å². The first-order chi connectivity index (χ1) is 13.1. The van der Waals surface area contributed by atoms with Gasteiger partial charge in [-0.1, -0.05) is 0 Å². The number of halogens is 1. The average Bonchev–Trinajstić information content (AvgIpc) is 3.10. The number of thiazole rings is 1. The highest BCUT2D eigenvalue weighted by molar-refractivity contribution is 14.0. The number of likely N-dealkylation sites (N-methyl/N-ethyl adjacent to an activating group) is 1. The van der Waals surface area contributed by atoms with Crippen LogP contribution in [0, 0.1) is 6.92 Å². The first-order valence-corrected chi connectivity index (χ1v) is 10.3. The highest BCUT2D eigenvalue weighted by Gasteiger charge is 2.15. The fraction of sp³-hybridized carbons (Fsp3) is 0.526. The predicted octanol–water partition coefficient (Wildman–Crippen LogP) is 2.12. The first kappa shape index (κ1) is 22.8. The van der Waals surface area contributed by atoms with Crippen LogP contribution in [0.2, 0.25) is 0 Å². The molecular weight excluding hydrogens is 485 g/mol. The number of pyridine rings is 1. The van der Waals surface area contributed by atoms with Gasteiger partial charge >= 0.3 is 0 Å². The second-order valence-corrected chi connectivity index (χ2v) is 7.84. The molecule has 3 heterocycles. The molecule has 1 saturated heterocycles. The Morgan fingerprint density at radius 3 is 2.71 bits per heavy atom. The van der Waals surface area contributed by atoms with E-state index in [1.807, 2.05) is 13.1 Å². The number of hydrogen-bond acceptors (Lipinski definition) is 6. The van der Waals surface area contributed by atoms with Crippen LogP contribution in [0.15, 0.2) is 28.7 Å². The average molecular weight is 515 g/mol. The number of piperazine rings is 1. The minimum Gasteiger partial charge on any atom is -0.356 e. The molecule has 1 aliphatic heterocycles. The molecule has 7 nitrogen and oxygen atoms in total. The minimum atomic E-state index is 0. The third kappa shape index (κ3) is 6.85. The fourth-order valence-electron chi connectivity index (χ4n) is 3.02. The molecule has 0 amide bonds. The molecule has 3 rings (SSSR count). The molecule has 1 aliphatic rings. The zero-order valence-electron chi connectivity index (χ0n) is 16.8. The number of aromatic nitrogens is 2. The molecule has 2 N–H and O–H groups in total. The maximum Gasteiger partial charge on any atom is 0.191 e. The van der Waals surface area contributed by atoms with Crippen molar-refractivity contribution < 1.29 is 0 Å². The zero-order valence-corrected chi connectivity index (χ0v) is 20.0. The molecule has 0 aromatic carbocycles. The smallest absolute Gasteiger partial charge is 0.191 e. The van der Waals surface area contributed by atoms with E-state index < -0.39 is 0 Å². The second kappa shape index (κ2) is 11.5. The van der Waals surface area contributed by atoms with Gasteiger partial charge in [-0.3, -0.25) is 4.99 Å². The van der Waals surface area contributed by atoms with E-state index in [1.54, 1.807) is 18.4 Å². The molecule has 28 heavy (non-hydrogen) atoms. The summed E-state index contributed by atoms with van der Waals surface area (Å²) in [4.78, 5) is 18.0. The molecule has 0 aliphatic carbocycles. The third-order valence-electron chi connectivity index (χ3n) is 4.66. The molecule has 0 saturated carbocycles. The summed E-state index contributed by atoms with van der Waals surface area (Å²) in [6.07, 6.45) is 2.79. The zero-order chi connectivity index (χ0) is 19.1. The number of aryl methyl sites for hydroxylation is 1. The number of guanidine groups is 1. The number of aliphatic imine (C=N–C) groups is 1. The van der Waals surface area contributed by atoms with Crippen LogP contribution in [-0.2, 0) is 13.0 Å². The summed E-state index contributed by atoms with van der Waals surface area (Å²) in [5.74, 6) is 1.86. The van der Waals surface area contributed by atoms with Gasteiger partial charge in [0.15, 0.2) is 5.96 Å². The maximum atomic E-state index is 4.55. The van der Waals surface area contributed by atoms with Crippen LogP contribution < -0.4 is 15.5 Å². The van der Waals surface area contributed by atoms with E-state index >= 15 is 0 Å². The van der Waals surface area contributed by atoms with Gasteiger partial charge in [0, 0.05) is 64.3 Å². The summed E-state index contributed by atoms with van der Waals surface area (Å²) < 4.78 is 0. The summed E-state index contributed by atoms with van der Waals surface area (Å²) in [6, 6.07) is 4.22. The number of anilines is 1. The van der Waals surface area contributed by atoms with Gasteiger partial charge in [-0.2, -0.15) is 0 Å². The SMILES string of the molecule is CN=C(NCCc1csc(C)n1)NCc1ccnc(N2CCN(C)CC2)c1.I. The Morgan fingerprint density at radius 2 is 2.04 bits per heavy atom. The van der Waals surface area contributed by atoms with Crippen LogP contribution in [0.3, 0.4) is 0 Å². The minimum absolute atomic E-state index is 0. The van der Waals surface area contributed by atoms with Crippen molar-refractivity contribution in [3.63, 3.8) is 0 Å². The Labute approximate surface area is 188 Å². The lowest BCUT2D eigenvalue weighted by atomic mass is 10.2. The topological polar surface area (TPSA) is 68.7 Å². The summed E-state index contributed by atoms with van der Waals surface area (Å²) in [5, 5.41) is 9.96. The molecule has 1 fully saturated rings. The lowest BCUT2D eigenvalue weighted by Crippen LogP contribution is -2.44. The summed E-state index contributed by atoms with van der Waals surface area (Å²) in [7, 11) is 3.96. The Balaban J connectivity index is 0.00000280. The van der Waals surface area contributed by atoms with Crippen molar-refractivity contribution in [1.29, 1.82) is 0 Å². The second-order valence-electron chi connectivity index (χ2n) is 6.77. The molecule has 2 aromatic heterocycles. The van der Waals surface area contributed by atoms with Crippen molar-refractivity contribution in [3.05, 3.63) is 40.0 Å². The monoisotopic (exact) mass is 515 g/mol. The Morgan fingerprint density at radius 1 is 1.25 bits per heavy atom. The van der Waals surface area contributed by atoms with E-state index in [2.05, 4.69) is 60.0 Å².